The van der Waals surface area contributed by atoms with Crippen LogP contribution in [0.15, 0.2) is 0 Å². The number of ether oxygens (including phenoxy) is 2. The van der Waals surface area contributed by atoms with Crippen molar-refractivity contribution in [3.63, 3.8) is 0 Å². The molecule has 0 radical (unpaired) electrons. The van der Waals surface area contributed by atoms with Gasteiger partial charge in [0.1, 0.15) is 11.9 Å². The molecule has 1 aromatic rings. The Kier molecular flexibility index (Phi) is 4.92. The van der Waals surface area contributed by atoms with Crippen LogP contribution in [0.4, 0.5) is 13.2 Å². The molecule has 0 bridgehead atoms. The van der Waals surface area contributed by atoms with E-state index in [4.69, 9.17) is 5.26 Å². The molecule has 0 saturated heterocycles. The Labute approximate surface area is 117 Å². The summed E-state index contributed by atoms with van der Waals surface area (Å²) in [4.78, 5) is 23.1. The van der Waals surface area contributed by atoms with Crippen molar-refractivity contribution in [2.24, 2.45) is 0 Å². The summed E-state index contributed by atoms with van der Waals surface area (Å²) in [7, 11) is 1.78. The first-order chi connectivity index (χ1) is 9.81. The Morgan fingerprint density at radius 2 is 1.52 bits per heavy atom. The molecule has 21 heavy (non-hydrogen) atoms. The lowest BCUT2D eigenvalue weighted by Crippen LogP contribution is -2.27. The van der Waals surface area contributed by atoms with E-state index in [1.54, 1.807) is 0 Å². The van der Waals surface area contributed by atoms with Gasteiger partial charge >= 0.3 is 11.9 Å². The van der Waals surface area contributed by atoms with E-state index in [0.29, 0.717) is 0 Å². The lowest BCUT2D eigenvalue weighted by Gasteiger charge is -2.16. The number of hydrogen-bond donors (Lipinski definition) is 0. The number of nitriles is 1. The topological polar surface area (TPSA) is 76.4 Å². The molecule has 0 aliphatic heterocycles. The van der Waals surface area contributed by atoms with Crippen LogP contribution in [-0.2, 0) is 19.1 Å². The maximum Gasteiger partial charge on any atom is 0.324 e. The lowest BCUT2D eigenvalue weighted by molar-refractivity contribution is -0.154. The molecular formula is C13H10F3NO4. The van der Waals surface area contributed by atoms with Gasteiger partial charge in [-0.1, -0.05) is 0 Å². The normalized spacial score (nSPS) is 10.2. The maximum absolute atomic E-state index is 14.2. The molecule has 0 heterocycles. The molecule has 0 aliphatic carbocycles. The summed E-state index contributed by atoms with van der Waals surface area (Å²) in [5, 5.41) is 8.68. The van der Waals surface area contributed by atoms with Gasteiger partial charge in [0.25, 0.3) is 0 Å². The third-order valence-electron chi connectivity index (χ3n) is 2.86. The van der Waals surface area contributed by atoms with Crippen LogP contribution in [-0.4, -0.2) is 26.2 Å². The van der Waals surface area contributed by atoms with E-state index in [0.717, 1.165) is 21.1 Å². The van der Waals surface area contributed by atoms with Gasteiger partial charge in [-0.15, -0.1) is 0 Å². The highest BCUT2D eigenvalue weighted by molar-refractivity contribution is 6.01. The van der Waals surface area contributed by atoms with E-state index in [2.05, 4.69) is 9.47 Å². The first-order valence-electron chi connectivity index (χ1n) is 5.54. The second-order valence-electron chi connectivity index (χ2n) is 3.95. The SMILES string of the molecule is COC(=O)C(C(=O)OC)c1c(F)c(C)c(C#N)c(F)c1F. The first kappa shape index (κ1) is 16.5. The quantitative estimate of drug-likeness (QED) is 0.482. The average Bonchev–Trinajstić information content (AvgIpc) is 2.48. The van der Waals surface area contributed by atoms with Gasteiger partial charge in [0.15, 0.2) is 17.6 Å². The Morgan fingerprint density at radius 1 is 1.05 bits per heavy atom. The first-order valence-corrected chi connectivity index (χ1v) is 5.54. The van der Waals surface area contributed by atoms with Gasteiger partial charge in [-0.25, -0.2) is 13.2 Å². The fourth-order valence-electron chi connectivity index (χ4n) is 1.75. The second kappa shape index (κ2) is 6.26. The van der Waals surface area contributed by atoms with Crippen LogP contribution < -0.4 is 0 Å². The van der Waals surface area contributed by atoms with Crippen LogP contribution in [0.2, 0.25) is 0 Å². The zero-order valence-corrected chi connectivity index (χ0v) is 11.3. The fourth-order valence-corrected chi connectivity index (χ4v) is 1.75. The van der Waals surface area contributed by atoms with Crippen LogP contribution in [0.5, 0.6) is 0 Å². The zero-order valence-electron chi connectivity index (χ0n) is 11.3. The summed E-state index contributed by atoms with van der Waals surface area (Å²) >= 11 is 0. The number of methoxy groups -OCH3 is 2. The summed E-state index contributed by atoms with van der Waals surface area (Å²) in [5.41, 5.74) is -2.52. The van der Waals surface area contributed by atoms with Crippen molar-refractivity contribution in [1.82, 2.24) is 0 Å². The summed E-state index contributed by atoms with van der Waals surface area (Å²) in [6.07, 6.45) is 0. The van der Waals surface area contributed by atoms with Gasteiger partial charge in [-0.05, 0) is 6.92 Å². The third-order valence-corrected chi connectivity index (χ3v) is 2.86. The lowest BCUT2D eigenvalue weighted by atomic mass is 9.93. The zero-order chi connectivity index (χ0) is 16.3. The Hall–Kier alpha value is -2.56. The van der Waals surface area contributed by atoms with Crippen LogP contribution in [0.1, 0.15) is 22.6 Å². The van der Waals surface area contributed by atoms with E-state index in [1.807, 2.05) is 0 Å². The number of esters is 2. The van der Waals surface area contributed by atoms with Gasteiger partial charge in [0.05, 0.1) is 25.3 Å². The van der Waals surface area contributed by atoms with Crippen molar-refractivity contribution in [3.05, 3.63) is 34.1 Å². The molecule has 1 rings (SSSR count). The molecular weight excluding hydrogens is 291 g/mol. The minimum absolute atomic E-state index is 0.524. The van der Waals surface area contributed by atoms with Crippen LogP contribution >= 0.6 is 0 Å². The van der Waals surface area contributed by atoms with Crippen LogP contribution in [0, 0.1) is 35.7 Å². The molecule has 0 amide bonds. The molecule has 0 atom stereocenters. The van der Waals surface area contributed by atoms with Crippen molar-refractivity contribution in [1.29, 1.82) is 5.26 Å². The summed E-state index contributed by atoms with van der Waals surface area (Å²) in [5.74, 6) is -9.60. The van der Waals surface area contributed by atoms with Crippen molar-refractivity contribution in [3.8, 4) is 6.07 Å². The van der Waals surface area contributed by atoms with Crippen molar-refractivity contribution in [2.45, 2.75) is 12.8 Å². The molecule has 0 fully saturated rings. The molecule has 5 nitrogen and oxygen atoms in total. The number of hydrogen-bond acceptors (Lipinski definition) is 5. The molecule has 8 heteroatoms. The van der Waals surface area contributed by atoms with Crippen LogP contribution in [0.3, 0.4) is 0 Å². The van der Waals surface area contributed by atoms with Gasteiger partial charge < -0.3 is 9.47 Å². The highest BCUT2D eigenvalue weighted by Crippen LogP contribution is 2.31. The van der Waals surface area contributed by atoms with Crippen molar-refractivity contribution >= 4 is 11.9 Å². The van der Waals surface area contributed by atoms with Gasteiger partial charge in [0.2, 0.25) is 0 Å². The fraction of sp³-hybridized carbons (Fsp3) is 0.308. The van der Waals surface area contributed by atoms with E-state index in [1.165, 1.54) is 6.07 Å². The molecule has 1 aromatic carbocycles. The number of carbonyl (C=O) groups is 2. The van der Waals surface area contributed by atoms with Crippen LogP contribution in [0.25, 0.3) is 0 Å². The minimum Gasteiger partial charge on any atom is -0.468 e. The third kappa shape index (κ3) is 2.67. The molecule has 0 aromatic heterocycles. The summed E-state index contributed by atoms with van der Waals surface area (Å²) < 4.78 is 50.4. The van der Waals surface area contributed by atoms with Gasteiger partial charge in [0, 0.05) is 5.56 Å². The smallest absolute Gasteiger partial charge is 0.324 e. The molecule has 0 spiro atoms. The highest BCUT2D eigenvalue weighted by Gasteiger charge is 2.38. The summed E-state index contributed by atoms with van der Waals surface area (Å²) in [6.45, 7) is 1.02. The molecule has 0 saturated carbocycles. The molecule has 0 unspecified atom stereocenters. The predicted octanol–water partition coefficient (Wildman–Crippen LogP) is 1.71. The van der Waals surface area contributed by atoms with E-state index in [-0.39, 0.29) is 0 Å². The molecule has 0 N–H and O–H groups in total. The standard InChI is InChI=1S/C13H10F3NO4/c1-5-6(4-17)10(15)11(16)7(9(5)14)8(12(18)20-2)13(19)21-3/h8H,1-3H3. The number of carbonyl (C=O) groups excluding carboxylic acids is 2. The maximum atomic E-state index is 14.2. The van der Waals surface area contributed by atoms with E-state index < -0.39 is 52.0 Å². The molecule has 0 aliphatic rings. The number of nitrogens with zero attached hydrogens (tertiary/aromatic N) is 1. The number of rotatable bonds is 3. The highest BCUT2D eigenvalue weighted by atomic mass is 19.2. The monoisotopic (exact) mass is 301 g/mol. The van der Waals surface area contributed by atoms with Gasteiger partial charge in [-0.2, -0.15) is 5.26 Å². The Morgan fingerprint density at radius 3 is 1.90 bits per heavy atom. The van der Waals surface area contributed by atoms with Crippen molar-refractivity contribution < 1.29 is 32.2 Å². The number of halogens is 3. The second-order valence-corrected chi connectivity index (χ2v) is 3.95. The van der Waals surface area contributed by atoms with Gasteiger partial charge in [-0.3, -0.25) is 9.59 Å². The Balaban J connectivity index is 3.72. The van der Waals surface area contributed by atoms with E-state index >= 15 is 0 Å². The summed E-state index contributed by atoms with van der Waals surface area (Å²) in [6, 6.07) is 1.31. The molecule has 112 valence electrons. The van der Waals surface area contributed by atoms with Crippen molar-refractivity contribution in [2.75, 3.05) is 14.2 Å². The average molecular weight is 301 g/mol. The minimum atomic E-state index is -2.12. The number of benzene rings is 1. The van der Waals surface area contributed by atoms with E-state index in [9.17, 15) is 22.8 Å². The Bertz CT molecular complexity index is 607. The largest absolute Gasteiger partial charge is 0.468 e. The predicted molar refractivity (Wildman–Crippen MR) is 62.5 cm³/mol.